The van der Waals surface area contributed by atoms with Crippen molar-refractivity contribution in [3.05, 3.63) is 34.9 Å². The van der Waals surface area contributed by atoms with Crippen LogP contribution in [0.4, 0.5) is 0 Å². The monoisotopic (exact) mass is 342 g/mol. The molecule has 22 heavy (non-hydrogen) atoms. The second-order valence-corrected chi connectivity index (χ2v) is 8.32. The van der Waals surface area contributed by atoms with Gasteiger partial charge < -0.3 is 4.90 Å². The van der Waals surface area contributed by atoms with Gasteiger partial charge in [-0.25, -0.2) is 8.42 Å². The maximum absolute atomic E-state index is 12.7. The first-order valence-electron chi connectivity index (χ1n) is 7.43. The molecule has 0 saturated carbocycles. The first-order valence-corrected chi connectivity index (χ1v) is 9.41. The lowest BCUT2D eigenvalue weighted by molar-refractivity contribution is -0.139. The van der Waals surface area contributed by atoms with Crippen LogP contribution >= 0.6 is 11.6 Å². The zero-order chi connectivity index (χ0) is 15.9. The second kappa shape index (κ2) is 5.83. The fraction of sp³-hybridized carbons (Fsp3) is 0.533. The number of rotatable bonds is 3. The second-order valence-electron chi connectivity index (χ2n) is 5.96. The highest BCUT2D eigenvalue weighted by Crippen LogP contribution is 2.28. The van der Waals surface area contributed by atoms with Gasteiger partial charge in [-0.3, -0.25) is 4.79 Å². The molecule has 0 aliphatic carbocycles. The third kappa shape index (κ3) is 2.87. The molecule has 3 rings (SSSR count). The van der Waals surface area contributed by atoms with Crippen LogP contribution in [0.1, 0.15) is 25.3 Å². The largest absolute Gasteiger partial charge is 0.337 e. The molecule has 2 fully saturated rings. The molecule has 2 heterocycles. The summed E-state index contributed by atoms with van der Waals surface area (Å²) in [4.78, 5) is 14.2. The Morgan fingerprint density at radius 3 is 2.86 bits per heavy atom. The van der Waals surface area contributed by atoms with E-state index in [1.807, 2.05) is 4.90 Å². The summed E-state index contributed by atoms with van der Waals surface area (Å²) >= 11 is 5.92. The van der Waals surface area contributed by atoms with Gasteiger partial charge in [-0.05, 0) is 37.5 Å². The SMILES string of the molecule is C[C@@H]1C(=O)N2CCC[C@H]2CN1S(=O)(=O)Cc1cccc(Cl)c1. The number of nitrogens with zero attached hydrogens (tertiary/aromatic N) is 2. The van der Waals surface area contributed by atoms with E-state index < -0.39 is 16.1 Å². The smallest absolute Gasteiger partial charge is 0.241 e. The van der Waals surface area contributed by atoms with Crippen molar-refractivity contribution in [2.75, 3.05) is 13.1 Å². The number of amides is 1. The molecule has 0 unspecified atom stereocenters. The summed E-state index contributed by atoms with van der Waals surface area (Å²) in [6, 6.07) is 6.23. The molecule has 2 saturated heterocycles. The molecule has 2 aliphatic heterocycles. The summed E-state index contributed by atoms with van der Waals surface area (Å²) in [5.41, 5.74) is 0.640. The number of hydrogen-bond acceptors (Lipinski definition) is 3. The van der Waals surface area contributed by atoms with Crippen molar-refractivity contribution in [2.24, 2.45) is 0 Å². The average Bonchev–Trinajstić information content (AvgIpc) is 2.90. The number of piperazine rings is 1. The number of hydrogen-bond donors (Lipinski definition) is 0. The number of fused-ring (bicyclic) bond motifs is 1. The van der Waals surface area contributed by atoms with Crippen molar-refractivity contribution >= 4 is 27.5 Å². The van der Waals surface area contributed by atoms with Crippen LogP contribution in [0, 0.1) is 0 Å². The summed E-state index contributed by atoms with van der Waals surface area (Å²) in [6.45, 7) is 2.82. The lowest BCUT2D eigenvalue weighted by Crippen LogP contribution is -2.60. The number of sulfonamides is 1. The predicted octanol–water partition coefficient (Wildman–Crippen LogP) is 1.86. The molecule has 5 nitrogen and oxygen atoms in total. The highest BCUT2D eigenvalue weighted by atomic mass is 35.5. The van der Waals surface area contributed by atoms with Crippen molar-refractivity contribution in [1.82, 2.24) is 9.21 Å². The Morgan fingerprint density at radius 2 is 2.14 bits per heavy atom. The number of carbonyl (C=O) groups excluding carboxylic acids is 1. The Hall–Kier alpha value is -1.11. The van der Waals surface area contributed by atoms with E-state index >= 15 is 0 Å². The summed E-state index contributed by atoms with van der Waals surface area (Å²) in [7, 11) is -3.55. The normalized spacial score (nSPS) is 26.3. The minimum atomic E-state index is -3.55. The Bertz CT molecular complexity index is 692. The highest BCUT2D eigenvalue weighted by molar-refractivity contribution is 7.88. The van der Waals surface area contributed by atoms with Crippen LogP contribution in [0.25, 0.3) is 0 Å². The van der Waals surface area contributed by atoms with E-state index in [0.717, 1.165) is 19.4 Å². The Kier molecular flexibility index (Phi) is 4.18. The molecule has 0 spiro atoms. The molecule has 0 radical (unpaired) electrons. The average molecular weight is 343 g/mol. The van der Waals surface area contributed by atoms with Gasteiger partial charge in [0.25, 0.3) is 0 Å². The van der Waals surface area contributed by atoms with Crippen LogP contribution in [0.3, 0.4) is 0 Å². The Morgan fingerprint density at radius 1 is 1.36 bits per heavy atom. The van der Waals surface area contributed by atoms with Crippen LogP contribution in [-0.2, 0) is 20.6 Å². The molecule has 0 N–H and O–H groups in total. The van der Waals surface area contributed by atoms with Crippen molar-refractivity contribution < 1.29 is 13.2 Å². The van der Waals surface area contributed by atoms with E-state index in [2.05, 4.69) is 0 Å². The molecule has 7 heteroatoms. The maximum atomic E-state index is 12.7. The predicted molar refractivity (Wildman–Crippen MR) is 85.0 cm³/mol. The van der Waals surface area contributed by atoms with E-state index in [1.54, 1.807) is 31.2 Å². The fourth-order valence-corrected chi connectivity index (χ4v) is 5.27. The summed E-state index contributed by atoms with van der Waals surface area (Å²) in [5, 5.41) is 0.512. The zero-order valence-corrected chi connectivity index (χ0v) is 14.0. The van der Waals surface area contributed by atoms with Crippen molar-refractivity contribution in [2.45, 2.75) is 37.6 Å². The van der Waals surface area contributed by atoms with Gasteiger partial charge in [0, 0.05) is 24.2 Å². The van der Waals surface area contributed by atoms with Gasteiger partial charge in [0.2, 0.25) is 15.9 Å². The highest BCUT2D eigenvalue weighted by Gasteiger charge is 2.44. The van der Waals surface area contributed by atoms with Gasteiger partial charge >= 0.3 is 0 Å². The number of halogens is 1. The molecule has 1 aromatic carbocycles. The molecule has 120 valence electrons. The van der Waals surface area contributed by atoms with E-state index in [1.165, 1.54) is 4.31 Å². The van der Waals surface area contributed by atoms with E-state index in [9.17, 15) is 13.2 Å². The number of carbonyl (C=O) groups is 1. The summed E-state index contributed by atoms with van der Waals surface area (Å²) in [5.74, 6) is -0.207. The van der Waals surface area contributed by atoms with E-state index in [0.29, 0.717) is 17.1 Å². The van der Waals surface area contributed by atoms with Gasteiger partial charge in [-0.2, -0.15) is 4.31 Å². The molecule has 2 atom stereocenters. The van der Waals surface area contributed by atoms with Gasteiger partial charge in [0.05, 0.1) is 5.75 Å². The standard InChI is InChI=1S/C15H19ClN2O3S/c1-11-15(19)17-7-3-6-14(17)9-18(11)22(20,21)10-12-4-2-5-13(16)8-12/h2,4-5,8,11,14H,3,6-7,9-10H2,1H3/t11-,14+/m1/s1. The molecular formula is C15H19ClN2O3S. The quantitative estimate of drug-likeness (QED) is 0.842. The fourth-order valence-electron chi connectivity index (χ4n) is 3.32. The third-order valence-corrected chi connectivity index (χ3v) is 6.55. The van der Waals surface area contributed by atoms with E-state index in [-0.39, 0.29) is 17.7 Å². The topological polar surface area (TPSA) is 57.7 Å². The third-order valence-electron chi connectivity index (χ3n) is 4.44. The van der Waals surface area contributed by atoms with Gasteiger partial charge in [-0.15, -0.1) is 0 Å². The molecular weight excluding hydrogens is 324 g/mol. The van der Waals surface area contributed by atoms with Crippen molar-refractivity contribution in [3.63, 3.8) is 0 Å². The van der Waals surface area contributed by atoms with Crippen LogP contribution in [0.2, 0.25) is 5.02 Å². The maximum Gasteiger partial charge on any atom is 0.241 e. The lowest BCUT2D eigenvalue weighted by atomic mass is 10.1. The Labute approximate surface area is 135 Å². The van der Waals surface area contributed by atoms with Gasteiger partial charge in [0.1, 0.15) is 6.04 Å². The summed E-state index contributed by atoms with van der Waals surface area (Å²) < 4.78 is 26.8. The minimum Gasteiger partial charge on any atom is -0.337 e. The first-order chi connectivity index (χ1) is 10.4. The molecule has 0 bridgehead atoms. The summed E-state index contributed by atoms with van der Waals surface area (Å²) in [6.07, 6.45) is 1.83. The van der Waals surface area contributed by atoms with Crippen LogP contribution in [0.15, 0.2) is 24.3 Å². The van der Waals surface area contributed by atoms with Crippen LogP contribution < -0.4 is 0 Å². The molecule has 2 aliphatic rings. The molecule has 0 aromatic heterocycles. The van der Waals surface area contributed by atoms with Crippen LogP contribution in [0.5, 0.6) is 0 Å². The van der Waals surface area contributed by atoms with Crippen molar-refractivity contribution in [3.8, 4) is 0 Å². The number of benzene rings is 1. The molecule has 1 aromatic rings. The zero-order valence-electron chi connectivity index (χ0n) is 12.4. The van der Waals surface area contributed by atoms with Gasteiger partial charge in [-0.1, -0.05) is 23.7 Å². The Balaban J connectivity index is 1.83. The first kappa shape index (κ1) is 15.8. The van der Waals surface area contributed by atoms with E-state index in [4.69, 9.17) is 11.6 Å². The molecule has 1 amide bonds. The minimum absolute atomic E-state index is 0.0258. The van der Waals surface area contributed by atoms with Crippen molar-refractivity contribution in [1.29, 1.82) is 0 Å². The lowest BCUT2D eigenvalue weighted by Gasteiger charge is -2.40. The van der Waals surface area contributed by atoms with Gasteiger partial charge in [0.15, 0.2) is 0 Å². The van der Waals surface area contributed by atoms with Crippen LogP contribution in [-0.4, -0.2) is 48.7 Å².